The number of H-pyrrole nitrogens is 1. The molecule has 0 amide bonds. The van der Waals surface area contributed by atoms with Gasteiger partial charge in [-0.15, -0.1) is 0 Å². The highest BCUT2D eigenvalue weighted by Gasteiger charge is 2.14. The lowest BCUT2D eigenvalue weighted by Crippen LogP contribution is -1.89. The van der Waals surface area contributed by atoms with E-state index in [1.165, 1.54) is 0 Å². The summed E-state index contributed by atoms with van der Waals surface area (Å²) in [5.74, 6) is 0. The van der Waals surface area contributed by atoms with Gasteiger partial charge in [0.15, 0.2) is 0 Å². The molecule has 3 aromatic rings. The Morgan fingerprint density at radius 2 is 1.63 bits per heavy atom. The van der Waals surface area contributed by atoms with Crippen LogP contribution in [0.5, 0.6) is 0 Å². The number of benzene rings is 1. The normalized spacial score (nSPS) is 10.6. The van der Waals surface area contributed by atoms with E-state index in [1.54, 1.807) is 24.4 Å². The van der Waals surface area contributed by atoms with Crippen LogP contribution in [0.1, 0.15) is 0 Å². The second kappa shape index (κ2) is 4.95. The van der Waals surface area contributed by atoms with Gasteiger partial charge < -0.3 is 0 Å². The molecule has 0 aliphatic carbocycles. The van der Waals surface area contributed by atoms with E-state index in [4.69, 9.17) is 23.2 Å². The van der Waals surface area contributed by atoms with Crippen LogP contribution in [0.4, 0.5) is 0 Å². The first-order valence-corrected chi connectivity index (χ1v) is 6.15. The maximum Gasteiger partial charge on any atom is 0.222 e. The number of nitrogens with one attached hydrogen (secondary N) is 1. The minimum absolute atomic E-state index is 0.169. The summed E-state index contributed by atoms with van der Waals surface area (Å²) in [6, 6.07) is 9.05. The molecule has 0 atom stereocenters. The van der Waals surface area contributed by atoms with E-state index in [-0.39, 0.29) is 5.28 Å². The van der Waals surface area contributed by atoms with E-state index in [2.05, 4.69) is 25.4 Å². The predicted octanol–water partition coefficient (Wildman–Crippen LogP) is 3.24. The first-order chi connectivity index (χ1) is 9.24. The van der Waals surface area contributed by atoms with Crippen LogP contribution in [-0.2, 0) is 0 Å². The smallest absolute Gasteiger partial charge is 0.222 e. The molecule has 7 heteroatoms. The molecule has 0 fully saturated rings. The Hall–Kier alpha value is -1.98. The van der Waals surface area contributed by atoms with Crippen molar-refractivity contribution in [2.24, 2.45) is 0 Å². The van der Waals surface area contributed by atoms with Gasteiger partial charge in [0.05, 0.1) is 5.69 Å². The van der Waals surface area contributed by atoms with Gasteiger partial charge in [0.25, 0.3) is 0 Å². The molecule has 1 aromatic carbocycles. The van der Waals surface area contributed by atoms with Gasteiger partial charge in [-0.1, -0.05) is 23.7 Å². The molecule has 2 heterocycles. The van der Waals surface area contributed by atoms with Gasteiger partial charge in [-0.05, 0) is 29.8 Å². The first-order valence-electron chi connectivity index (χ1n) is 5.39. The SMILES string of the molecule is Clc1ccc(-c2n[nH]nc2-c2ccnc(Cl)n2)cc1. The van der Waals surface area contributed by atoms with Gasteiger partial charge >= 0.3 is 0 Å². The summed E-state index contributed by atoms with van der Waals surface area (Å²) in [4.78, 5) is 7.97. The van der Waals surface area contributed by atoms with Crippen molar-refractivity contribution in [2.45, 2.75) is 0 Å². The number of halogens is 2. The van der Waals surface area contributed by atoms with E-state index < -0.39 is 0 Å². The maximum absolute atomic E-state index is 5.87. The predicted molar refractivity (Wildman–Crippen MR) is 72.9 cm³/mol. The molecular formula is C12H7Cl2N5. The molecule has 5 nitrogen and oxygen atoms in total. The molecule has 19 heavy (non-hydrogen) atoms. The zero-order valence-electron chi connectivity index (χ0n) is 9.51. The summed E-state index contributed by atoms with van der Waals surface area (Å²) < 4.78 is 0. The standard InChI is InChI=1S/C12H7Cl2N5/c13-8-3-1-7(2-4-8)10-11(18-19-17-10)9-5-6-15-12(14)16-9/h1-6H,(H,17,18,19). The van der Waals surface area contributed by atoms with Crippen LogP contribution in [0.3, 0.4) is 0 Å². The highest BCUT2D eigenvalue weighted by Crippen LogP contribution is 2.27. The summed E-state index contributed by atoms with van der Waals surface area (Å²) in [6.07, 6.45) is 1.57. The van der Waals surface area contributed by atoms with Gasteiger partial charge in [0, 0.05) is 16.8 Å². The Kier molecular flexibility index (Phi) is 3.15. The second-order valence-corrected chi connectivity index (χ2v) is 4.51. The molecule has 0 saturated heterocycles. The van der Waals surface area contributed by atoms with Crippen LogP contribution >= 0.6 is 23.2 Å². The van der Waals surface area contributed by atoms with Crippen LogP contribution in [0.25, 0.3) is 22.6 Å². The van der Waals surface area contributed by atoms with E-state index in [0.29, 0.717) is 22.1 Å². The maximum atomic E-state index is 5.87. The molecule has 94 valence electrons. The lowest BCUT2D eigenvalue weighted by Gasteiger charge is -2.01. The zero-order chi connectivity index (χ0) is 13.2. The molecule has 0 radical (unpaired) electrons. The average Bonchev–Trinajstić information content (AvgIpc) is 2.89. The third-order valence-electron chi connectivity index (χ3n) is 2.53. The average molecular weight is 292 g/mol. The fraction of sp³-hybridized carbons (Fsp3) is 0. The van der Waals surface area contributed by atoms with Crippen molar-refractivity contribution in [1.29, 1.82) is 0 Å². The van der Waals surface area contributed by atoms with Crippen molar-refractivity contribution in [2.75, 3.05) is 0 Å². The molecule has 2 aromatic heterocycles. The zero-order valence-corrected chi connectivity index (χ0v) is 11.0. The monoisotopic (exact) mass is 291 g/mol. The lowest BCUT2D eigenvalue weighted by atomic mass is 10.1. The number of hydrogen-bond acceptors (Lipinski definition) is 4. The minimum Gasteiger partial charge on any atom is -0.226 e. The highest BCUT2D eigenvalue weighted by molar-refractivity contribution is 6.30. The van der Waals surface area contributed by atoms with Gasteiger partial charge in [0.1, 0.15) is 11.4 Å². The van der Waals surface area contributed by atoms with Crippen molar-refractivity contribution in [1.82, 2.24) is 25.4 Å². The Morgan fingerprint density at radius 3 is 2.37 bits per heavy atom. The number of hydrogen-bond donors (Lipinski definition) is 1. The molecule has 0 unspecified atom stereocenters. The molecule has 0 aliphatic rings. The lowest BCUT2D eigenvalue weighted by molar-refractivity contribution is 0.942. The number of rotatable bonds is 2. The summed E-state index contributed by atoms with van der Waals surface area (Å²) in [7, 11) is 0. The fourth-order valence-electron chi connectivity index (χ4n) is 1.69. The van der Waals surface area contributed by atoms with Gasteiger partial charge in [0.2, 0.25) is 5.28 Å². The Labute approximate surface area is 118 Å². The number of nitrogens with zero attached hydrogens (tertiary/aromatic N) is 4. The Morgan fingerprint density at radius 1 is 0.895 bits per heavy atom. The van der Waals surface area contributed by atoms with Crippen molar-refractivity contribution < 1.29 is 0 Å². The third-order valence-corrected chi connectivity index (χ3v) is 2.97. The van der Waals surface area contributed by atoms with Crippen LogP contribution < -0.4 is 0 Å². The van der Waals surface area contributed by atoms with E-state index in [1.807, 2.05) is 12.1 Å². The van der Waals surface area contributed by atoms with Gasteiger partial charge in [-0.3, -0.25) is 0 Å². The summed E-state index contributed by atoms with van der Waals surface area (Å²) in [5, 5.41) is 11.7. The quantitative estimate of drug-likeness (QED) is 0.736. The summed E-state index contributed by atoms with van der Waals surface area (Å²) in [6.45, 7) is 0. The summed E-state index contributed by atoms with van der Waals surface area (Å²) in [5.41, 5.74) is 2.81. The fourth-order valence-corrected chi connectivity index (χ4v) is 1.96. The van der Waals surface area contributed by atoms with E-state index in [0.717, 1.165) is 5.56 Å². The van der Waals surface area contributed by atoms with Crippen molar-refractivity contribution in [3.8, 4) is 22.6 Å². The molecule has 1 N–H and O–H groups in total. The summed E-state index contributed by atoms with van der Waals surface area (Å²) >= 11 is 11.7. The van der Waals surface area contributed by atoms with Crippen molar-refractivity contribution in [3.05, 3.63) is 46.8 Å². The number of aromatic nitrogens is 5. The van der Waals surface area contributed by atoms with E-state index in [9.17, 15) is 0 Å². The minimum atomic E-state index is 0.169. The van der Waals surface area contributed by atoms with Crippen molar-refractivity contribution in [3.63, 3.8) is 0 Å². The van der Waals surface area contributed by atoms with Crippen LogP contribution in [0.2, 0.25) is 10.3 Å². The number of aromatic amines is 1. The van der Waals surface area contributed by atoms with E-state index >= 15 is 0 Å². The topological polar surface area (TPSA) is 67.3 Å². The van der Waals surface area contributed by atoms with Crippen LogP contribution in [0.15, 0.2) is 36.5 Å². The molecule has 0 aliphatic heterocycles. The Balaban J connectivity index is 2.10. The van der Waals surface area contributed by atoms with Crippen LogP contribution in [-0.4, -0.2) is 25.4 Å². The molecular weight excluding hydrogens is 285 g/mol. The van der Waals surface area contributed by atoms with Crippen molar-refractivity contribution >= 4 is 23.2 Å². The second-order valence-electron chi connectivity index (χ2n) is 3.74. The highest BCUT2D eigenvalue weighted by atomic mass is 35.5. The van der Waals surface area contributed by atoms with Gasteiger partial charge in [-0.2, -0.15) is 15.4 Å². The molecule has 0 spiro atoms. The third kappa shape index (κ3) is 2.43. The largest absolute Gasteiger partial charge is 0.226 e. The van der Waals surface area contributed by atoms with Gasteiger partial charge in [-0.25, -0.2) is 9.97 Å². The molecule has 0 bridgehead atoms. The van der Waals surface area contributed by atoms with Crippen LogP contribution in [0, 0.1) is 0 Å². The molecule has 3 rings (SSSR count). The Bertz CT molecular complexity index is 708. The molecule has 0 saturated carbocycles. The first kappa shape index (κ1) is 12.1.